The number of fused-ring (bicyclic) bond motifs is 1. The number of halogens is 1. The molecule has 3 rings (SSSR count). The predicted molar refractivity (Wildman–Crippen MR) is 86.8 cm³/mol. The molecule has 0 radical (unpaired) electrons. The summed E-state index contributed by atoms with van der Waals surface area (Å²) in [6.45, 7) is 1.83. The van der Waals surface area contributed by atoms with Crippen LogP contribution in [0.1, 0.15) is 27.9 Å². The normalized spacial score (nSPS) is 19.7. The van der Waals surface area contributed by atoms with Crippen LogP contribution in [0.15, 0.2) is 46.9 Å². The van der Waals surface area contributed by atoms with Crippen molar-refractivity contribution in [2.45, 2.75) is 18.9 Å². The van der Waals surface area contributed by atoms with Gasteiger partial charge < -0.3 is 10.4 Å². The van der Waals surface area contributed by atoms with Gasteiger partial charge in [-0.3, -0.25) is 9.59 Å². The van der Waals surface area contributed by atoms with Crippen LogP contribution in [-0.2, 0) is 10.4 Å². The van der Waals surface area contributed by atoms with Crippen LogP contribution in [0.3, 0.4) is 0 Å². The summed E-state index contributed by atoms with van der Waals surface area (Å²) >= 11 is 3.32. The molecule has 4 nitrogen and oxygen atoms in total. The van der Waals surface area contributed by atoms with Crippen LogP contribution in [0.4, 0.5) is 5.69 Å². The van der Waals surface area contributed by atoms with Gasteiger partial charge in [0.05, 0.1) is 6.42 Å². The fourth-order valence-corrected chi connectivity index (χ4v) is 3.07. The molecule has 0 aliphatic carbocycles. The number of rotatable bonds is 3. The van der Waals surface area contributed by atoms with E-state index in [1.165, 1.54) is 0 Å². The lowest BCUT2D eigenvalue weighted by atomic mass is 9.87. The monoisotopic (exact) mass is 359 g/mol. The van der Waals surface area contributed by atoms with Gasteiger partial charge in [0.1, 0.15) is 0 Å². The van der Waals surface area contributed by atoms with E-state index in [4.69, 9.17) is 0 Å². The maximum absolute atomic E-state index is 12.5. The Kier molecular flexibility index (Phi) is 3.62. The van der Waals surface area contributed by atoms with E-state index in [1.54, 1.807) is 30.3 Å². The minimum atomic E-state index is -1.83. The van der Waals surface area contributed by atoms with Crippen LogP contribution in [0.5, 0.6) is 0 Å². The van der Waals surface area contributed by atoms with Crippen molar-refractivity contribution in [1.82, 2.24) is 0 Å². The summed E-state index contributed by atoms with van der Waals surface area (Å²) in [6, 6.07) is 12.3. The van der Waals surface area contributed by atoms with Gasteiger partial charge in [0, 0.05) is 21.3 Å². The lowest BCUT2D eigenvalue weighted by Gasteiger charge is -2.20. The molecule has 5 heteroatoms. The number of amides is 1. The maximum Gasteiger partial charge on any atom is 0.261 e. The Labute approximate surface area is 136 Å². The molecule has 2 N–H and O–H groups in total. The number of aliphatic hydroxyl groups is 1. The molecular formula is C17H14BrNO3. The number of aryl methyl sites for hydroxylation is 1. The molecule has 1 amide bonds. The molecular weight excluding hydrogens is 346 g/mol. The van der Waals surface area contributed by atoms with Gasteiger partial charge >= 0.3 is 0 Å². The van der Waals surface area contributed by atoms with E-state index in [0.717, 1.165) is 10.0 Å². The SMILES string of the molecule is Cc1ccccc1C(=O)CC1(O)C(=O)Nc2ccc(Br)cc21. The van der Waals surface area contributed by atoms with Gasteiger partial charge in [0.25, 0.3) is 5.91 Å². The largest absolute Gasteiger partial charge is 0.375 e. The first-order chi connectivity index (χ1) is 10.4. The summed E-state index contributed by atoms with van der Waals surface area (Å²) in [5.41, 5.74) is 0.469. The van der Waals surface area contributed by atoms with Crippen molar-refractivity contribution in [3.05, 3.63) is 63.6 Å². The third-order valence-corrected chi connectivity index (χ3v) is 4.41. The molecule has 1 atom stereocenters. The first-order valence-electron chi connectivity index (χ1n) is 6.84. The smallest absolute Gasteiger partial charge is 0.261 e. The summed E-state index contributed by atoms with van der Waals surface area (Å²) < 4.78 is 0.740. The number of Topliss-reactive ketones (excluding diaryl/α,β-unsaturated/α-hetero) is 1. The van der Waals surface area contributed by atoms with Crippen molar-refractivity contribution in [3.8, 4) is 0 Å². The topological polar surface area (TPSA) is 66.4 Å². The fourth-order valence-electron chi connectivity index (χ4n) is 2.70. The summed E-state index contributed by atoms with van der Waals surface area (Å²) in [7, 11) is 0. The van der Waals surface area contributed by atoms with E-state index >= 15 is 0 Å². The minimum Gasteiger partial charge on any atom is -0.375 e. The summed E-state index contributed by atoms with van der Waals surface area (Å²) in [6.07, 6.45) is -0.285. The third kappa shape index (κ3) is 2.36. The Hall–Kier alpha value is -1.98. The average molecular weight is 360 g/mol. The molecule has 22 heavy (non-hydrogen) atoms. The first kappa shape index (κ1) is 14.9. The Balaban J connectivity index is 1.98. The molecule has 1 aliphatic heterocycles. The quantitative estimate of drug-likeness (QED) is 0.827. The van der Waals surface area contributed by atoms with Gasteiger partial charge in [0.2, 0.25) is 0 Å². The van der Waals surface area contributed by atoms with E-state index in [1.807, 2.05) is 19.1 Å². The second kappa shape index (κ2) is 5.34. The summed E-state index contributed by atoms with van der Waals surface area (Å²) in [5.74, 6) is -0.828. The first-order valence-corrected chi connectivity index (χ1v) is 7.64. The van der Waals surface area contributed by atoms with Crippen molar-refractivity contribution in [2.24, 2.45) is 0 Å². The Morgan fingerprint density at radius 3 is 2.73 bits per heavy atom. The molecule has 2 aromatic rings. The number of hydrogen-bond acceptors (Lipinski definition) is 3. The average Bonchev–Trinajstić information content (AvgIpc) is 2.71. The molecule has 0 saturated carbocycles. The highest BCUT2D eigenvalue weighted by Gasteiger charge is 2.46. The number of carbonyl (C=O) groups is 2. The number of hydrogen-bond donors (Lipinski definition) is 2. The molecule has 0 aromatic heterocycles. The highest BCUT2D eigenvalue weighted by molar-refractivity contribution is 9.10. The highest BCUT2D eigenvalue weighted by Crippen LogP contribution is 2.40. The van der Waals surface area contributed by atoms with Gasteiger partial charge in [0.15, 0.2) is 11.4 Å². The van der Waals surface area contributed by atoms with E-state index in [9.17, 15) is 14.7 Å². The molecule has 1 unspecified atom stereocenters. The standard InChI is InChI=1S/C17H14BrNO3/c1-10-4-2-3-5-12(10)15(20)9-17(22)13-8-11(18)6-7-14(13)19-16(17)21/h2-8,22H,9H2,1H3,(H,19,21). The second-order valence-electron chi connectivity index (χ2n) is 5.42. The molecule has 112 valence electrons. The Morgan fingerprint density at radius 2 is 2.00 bits per heavy atom. The molecule has 0 spiro atoms. The zero-order chi connectivity index (χ0) is 15.9. The Morgan fingerprint density at radius 1 is 1.27 bits per heavy atom. The number of anilines is 1. The minimum absolute atomic E-state index is 0.261. The van der Waals surface area contributed by atoms with Crippen LogP contribution < -0.4 is 5.32 Å². The van der Waals surface area contributed by atoms with Crippen LogP contribution in [-0.4, -0.2) is 16.8 Å². The van der Waals surface area contributed by atoms with Crippen molar-refractivity contribution in [1.29, 1.82) is 0 Å². The van der Waals surface area contributed by atoms with E-state index in [-0.39, 0.29) is 12.2 Å². The molecule has 0 fully saturated rings. The molecule has 0 bridgehead atoms. The predicted octanol–water partition coefficient (Wildman–Crippen LogP) is 3.17. The van der Waals surface area contributed by atoms with Crippen LogP contribution in [0.25, 0.3) is 0 Å². The van der Waals surface area contributed by atoms with Gasteiger partial charge in [-0.25, -0.2) is 0 Å². The van der Waals surface area contributed by atoms with Gasteiger partial charge in [-0.15, -0.1) is 0 Å². The summed E-state index contributed by atoms with van der Waals surface area (Å²) in [4.78, 5) is 24.7. The molecule has 2 aromatic carbocycles. The zero-order valence-electron chi connectivity index (χ0n) is 11.9. The summed E-state index contributed by atoms with van der Waals surface area (Å²) in [5, 5.41) is 13.4. The van der Waals surface area contributed by atoms with E-state index in [2.05, 4.69) is 21.2 Å². The van der Waals surface area contributed by atoms with Gasteiger partial charge in [-0.05, 0) is 30.7 Å². The van der Waals surface area contributed by atoms with Crippen molar-refractivity contribution < 1.29 is 14.7 Å². The number of benzene rings is 2. The van der Waals surface area contributed by atoms with Crippen LogP contribution >= 0.6 is 15.9 Å². The van der Waals surface area contributed by atoms with Crippen molar-refractivity contribution in [2.75, 3.05) is 5.32 Å². The fraction of sp³-hybridized carbons (Fsp3) is 0.176. The van der Waals surface area contributed by atoms with Crippen molar-refractivity contribution in [3.63, 3.8) is 0 Å². The number of carbonyl (C=O) groups excluding carboxylic acids is 2. The highest BCUT2D eigenvalue weighted by atomic mass is 79.9. The zero-order valence-corrected chi connectivity index (χ0v) is 13.5. The van der Waals surface area contributed by atoms with Crippen LogP contribution in [0, 0.1) is 6.92 Å². The Bertz CT molecular complexity index is 787. The lowest BCUT2D eigenvalue weighted by Crippen LogP contribution is -2.36. The number of ketones is 1. The van der Waals surface area contributed by atoms with Crippen molar-refractivity contribution >= 4 is 33.3 Å². The maximum atomic E-state index is 12.5. The second-order valence-corrected chi connectivity index (χ2v) is 6.33. The van der Waals surface area contributed by atoms with E-state index in [0.29, 0.717) is 16.8 Å². The molecule has 0 saturated heterocycles. The van der Waals surface area contributed by atoms with Gasteiger partial charge in [-0.1, -0.05) is 40.2 Å². The third-order valence-electron chi connectivity index (χ3n) is 3.91. The number of nitrogens with one attached hydrogen (secondary N) is 1. The molecule has 1 aliphatic rings. The van der Waals surface area contributed by atoms with Gasteiger partial charge in [-0.2, -0.15) is 0 Å². The molecule has 1 heterocycles. The van der Waals surface area contributed by atoms with E-state index < -0.39 is 11.5 Å². The van der Waals surface area contributed by atoms with Crippen LogP contribution in [0.2, 0.25) is 0 Å². The lowest BCUT2D eigenvalue weighted by molar-refractivity contribution is -0.133.